The molecular formula is C24H21N3O2S. The van der Waals surface area contributed by atoms with Crippen LogP contribution in [-0.4, -0.2) is 18.1 Å². The Morgan fingerprint density at radius 1 is 0.933 bits per heavy atom. The number of hydrogen-bond donors (Lipinski definition) is 2. The Kier molecular flexibility index (Phi) is 6.06. The standard InChI is InChI=1S/C24H21N3O2S/c1-29-20-14-8-13-19(15-20)21-16-30-24(25-21)27-23(28)26-22(17-9-4-2-5-10-17)18-11-6-3-7-12-18/h2-16,22H,1H3,(H2,25,26,27,28). The summed E-state index contributed by atoms with van der Waals surface area (Å²) < 4.78 is 5.27. The van der Waals surface area contributed by atoms with Gasteiger partial charge in [-0.1, -0.05) is 72.8 Å². The summed E-state index contributed by atoms with van der Waals surface area (Å²) in [7, 11) is 1.63. The minimum atomic E-state index is -0.306. The lowest BCUT2D eigenvalue weighted by Crippen LogP contribution is -2.33. The molecule has 0 unspecified atom stereocenters. The predicted octanol–water partition coefficient (Wildman–Crippen LogP) is 5.73. The Morgan fingerprint density at radius 2 is 1.60 bits per heavy atom. The summed E-state index contributed by atoms with van der Waals surface area (Å²) >= 11 is 1.38. The van der Waals surface area contributed by atoms with E-state index >= 15 is 0 Å². The maximum absolute atomic E-state index is 12.7. The molecule has 0 atom stereocenters. The van der Waals surface area contributed by atoms with Crippen LogP contribution in [0.25, 0.3) is 11.3 Å². The van der Waals surface area contributed by atoms with Gasteiger partial charge in [0.15, 0.2) is 5.13 Å². The minimum absolute atomic E-state index is 0.259. The number of ether oxygens (including phenoxy) is 1. The van der Waals surface area contributed by atoms with Crippen LogP contribution in [0.5, 0.6) is 5.75 Å². The van der Waals surface area contributed by atoms with Crippen molar-refractivity contribution in [2.45, 2.75) is 6.04 Å². The number of hydrogen-bond acceptors (Lipinski definition) is 4. The van der Waals surface area contributed by atoms with E-state index in [1.165, 1.54) is 11.3 Å². The first kappa shape index (κ1) is 19.7. The van der Waals surface area contributed by atoms with E-state index in [1.807, 2.05) is 90.3 Å². The average Bonchev–Trinajstić information content (AvgIpc) is 3.27. The van der Waals surface area contributed by atoms with Crippen molar-refractivity contribution >= 4 is 22.5 Å². The Labute approximate surface area is 179 Å². The molecule has 30 heavy (non-hydrogen) atoms. The third-order valence-corrected chi connectivity index (χ3v) is 5.39. The van der Waals surface area contributed by atoms with E-state index < -0.39 is 0 Å². The molecule has 0 spiro atoms. The molecule has 0 saturated carbocycles. The second-order valence-corrected chi connectivity index (χ2v) is 7.48. The molecule has 4 rings (SSSR count). The number of carbonyl (C=O) groups excluding carboxylic acids is 1. The number of carbonyl (C=O) groups is 1. The van der Waals surface area contributed by atoms with Crippen LogP contribution in [0.2, 0.25) is 0 Å². The number of thiazole rings is 1. The number of urea groups is 1. The highest BCUT2D eigenvalue weighted by atomic mass is 32.1. The van der Waals surface area contributed by atoms with Gasteiger partial charge in [0.05, 0.1) is 18.8 Å². The normalized spacial score (nSPS) is 10.6. The summed E-state index contributed by atoms with van der Waals surface area (Å²) in [6, 6.07) is 26.9. The highest BCUT2D eigenvalue weighted by molar-refractivity contribution is 7.14. The Balaban J connectivity index is 1.50. The fourth-order valence-corrected chi connectivity index (χ4v) is 3.88. The summed E-state index contributed by atoms with van der Waals surface area (Å²) in [5, 5.41) is 8.36. The summed E-state index contributed by atoms with van der Waals surface area (Å²) in [5.74, 6) is 0.765. The average molecular weight is 416 g/mol. The lowest BCUT2D eigenvalue weighted by molar-refractivity contribution is 0.250. The molecule has 0 saturated heterocycles. The van der Waals surface area contributed by atoms with E-state index in [4.69, 9.17) is 4.74 Å². The van der Waals surface area contributed by atoms with Crippen molar-refractivity contribution < 1.29 is 9.53 Å². The van der Waals surface area contributed by atoms with Crippen molar-refractivity contribution in [2.24, 2.45) is 0 Å². The fraction of sp³-hybridized carbons (Fsp3) is 0.0833. The summed E-state index contributed by atoms with van der Waals surface area (Å²) in [4.78, 5) is 17.3. The van der Waals surface area contributed by atoms with Gasteiger partial charge in [-0.25, -0.2) is 9.78 Å². The van der Waals surface area contributed by atoms with Gasteiger partial charge in [0.1, 0.15) is 5.75 Å². The first-order valence-corrected chi connectivity index (χ1v) is 10.4. The van der Waals surface area contributed by atoms with Crippen LogP contribution < -0.4 is 15.4 Å². The molecule has 150 valence electrons. The van der Waals surface area contributed by atoms with Gasteiger partial charge in [-0.15, -0.1) is 11.3 Å². The van der Waals surface area contributed by atoms with E-state index in [2.05, 4.69) is 15.6 Å². The molecule has 0 radical (unpaired) electrons. The quantitative estimate of drug-likeness (QED) is 0.423. The van der Waals surface area contributed by atoms with Crippen LogP contribution in [0.1, 0.15) is 17.2 Å². The number of rotatable bonds is 6. The van der Waals surface area contributed by atoms with E-state index in [0.29, 0.717) is 5.13 Å². The van der Waals surface area contributed by atoms with Crippen LogP contribution in [0, 0.1) is 0 Å². The van der Waals surface area contributed by atoms with Crippen molar-refractivity contribution in [1.29, 1.82) is 0 Å². The monoisotopic (exact) mass is 415 g/mol. The Morgan fingerprint density at radius 3 is 2.23 bits per heavy atom. The fourth-order valence-electron chi connectivity index (χ4n) is 3.16. The van der Waals surface area contributed by atoms with E-state index in [-0.39, 0.29) is 12.1 Å². The topological polar surface area (TPSA) is 63.2 Å². The number of anilines is 1. The first-order chi connectivity index (χ1) is 14.7. The molecule has 0 fully saturated rings. The van der Waals surface area contributed by atoms with Crippen LogP contribution in [0.3, 0.4) is 0 Å². The van der Waals surface area contributed by atoms with Crippen LogP contribution >= 0.6 is 11.3 Å². The summed E-state index contributed by atoms with van der Waals surface area (Å²) in [6.45, 7) is 0. The Bertz CT molecular complexity index is 1070. The smallest absolute Gasteiger partial charge is 0.321 e. The molecule has 0 bridgehead atoms. The predicted molar refractivity (Wildman–Crippen MR) is 121 cm³/mol. The second-order valence-electron chi connectivity index (χ2n) is 6.62. The van der Waals surface area contributed by atoms with Crippen LogP contribution in [0.4, 0.5) is 9.93 Å². The number of aromatic nitrogens is 1. The molecule has 1 aromatic heterocycles. The zero-order valence-corrected chi connectivity index (χ0v) is 17.2. The van der Waals surface area contributed by atoms with E-state index in [1.54, 1.807) is 7.11 Å². The molecule has 1 heterocycles. The van der Waals surface area contributed by atoms with Crippen LogP contribution in [-0.2, 0) is 0 Å². The van der Waals surface area contributed by atoms with Gasteiger partial charge in [0.2, 0.25) is 0 Å². The van der Waals surface area contributed by atoms with Crippen molar-refractivity contribution in [2.75, 3.05) is 12.4 Å². The number of nitrogens with zero attached hydrogens (tertiary/aromatic N) is 1. The molecule has 0 aliphatic heterocycles. The van der Waals surface area contributed by atoms with Gasteiger partial charge in [-0.3, -0.25) is 5.32 Å². The van der Waals surface area contributed by atoms with E-state index in [9.17, 15) is 4.79 Å². The van der Waals surface area contributed by atoms with Gasteiger partial charge in [-0.05, 0) is 23.3 Å². The number of methoxy groups -OCH3 is 1. The van der Waals surface area contributed by atoms with Crippen molar-refractivity contribution in [3.8, 4) is 17.0 Å². The molecule has 2 amide bonds. The minimum Gasteiger partial charge on any atom is -0.497 e. The number of amides is 2. The zero-order valence-electron chi connectivity index (χ0n) is 16.4. The van der Waals surface area contributed by atoms with Crippen molar-refractivity contribution in [1.82, 2.24) is 10.3 Å². The number of benzene rings is 3. The molecule has 3 aromatic carbocycles. The summed E-state index contributed by atoms with van der Waals surface area (Å²) in [5.41, 5.74) is 3.74. The van der Waals surface area contributed by atoms with Crippen molar-refractivity contribution in [3.05, 3.63) is 101 Å². The SMILES string of the molecule is COc1cccc(-c2csc(NC(=O)NC(c3ccccc3)c3ccccc3)n2)c1. The highest BCUT2D eigenvalue weighted by Gasteiger charge is 2.17. The molecule has 2 N–H and O–H groups in total. The van der Waals surface area contributed by atoms with Gasteiger partial charge in [0.25, 0.3) is 0 Å². The largest absolute Gasteiger partial charge is 0.497 e. The second kappa shape index (κ2) is 9.24. The maximum Gasteiger partial charge on any atom is 0.321 e. The molecular weight excluding hydrogens is 394 g/mol. The zero-order chi connectivity index (χ0) is 20.8. The summed E-state index contributed by atoms with van der Waals surface area (Å²) in [6.07, 6.45) is 0. The Hall–Kier alpha value is -3.64. The molecule has 4 aromatic rings. The third kappa shape index (κ3) is 4.67. The van der Waals surface area contributed by atoms with E-state index in [0.717, 1.165) is 28.1 Å². The first-order valence-electron chi connectivity index (χ1n) is 9.50. The van der Waals surface area contributed by atoms with Gasteiger partial charge in [0, 0.05) is 10.9 Å². The highest BCUT2D eigenvalue weighted by Crippen LogP contribution is 2.28. The van der Waals surface area contributed by atoms with Crippen molar-refractivity contribution in [3.63, 3.8) is 0 Å². The molecule has 0 aliphatic carbocycles. The molecule has 5 nitrogen and oxygen atoms in total. The van der Waals surface area contributed by atoms with Gasteiger partial charge >= 0.3 is 6.03 Å². The molecule has 6 heteroatoms. The lowest BCUT2D eigenvalue weighted by Gasteiger charge is -2.19. The van der Waals surface area contributed by atoms with Gasteiger partial charge < -0.3 is 10.1 Å². The molecule has 0 aliphatic rings. The maximum atomic E-state index is 12.7. The lowest BCUT2D eigenvalue weighted by atomic mass is 9.99. The van der Waals surface area contributed by atoms with Crippen LogP contribution in [0.15, 0.2) is 90.3 Å². The third-order valence-electron chi connectivity index (χ3n) is 4.63. The number of nitrogens with one attached hydrogen (secondary N) is 2. The van der Waals surface area contributed by atoms with Gasteiger partial charge in [-0.2, -0.15) is 0 Å².